The van der Waals surface area contributed by atoms with Crippen LogP contribution in [0, 0.1) is 0 Å². The first-order valence-electron chi connectivity index (χ1n) is 8.13. The second-order valence-corrected chi connectivity index (χ2v) is 6.61. The zero-order valence-electron chi connectivity index (χ0n) is 13.8. The molecule has 26 heavy (non-hydrogen) atoms. The fourth-order valence-corrected chi connectivity index (χ4v) is 3.49. The van der Waals surface area contributed by atoms with Crippen LogP contribution in [-0.4, -0.2) is 16.3 Å². The number of phenols is 2. The summed E-state index contributed by atoms with van der Waals surface area (Å²) < 4.78 is 17.1. The van der Waals surface area contributed by atoms with Crippen LogP contribution in [0.15, 0.2) is 50.0 Å². The molecule has 0 bridgehead atoms. The third-order valence-corrected chi connectivity index (χ3v) is 4.84. The Morgan fingerprint density at radius 1 is 1.15 bits per heavy atom. The van der Waals surface area contributed by atoms with Crippen LogP contribution < -0.4 is 10.2 Å². The zero-order valence-corrected chi connectivity index (χ0v) is 13.8. The Balaban J connectivity index is 1.88. The molecule has 0 saturated heterocycles. The van der Waals surface area contributed by atoms with Crippen LogP contribution in [0.1, 0.15) is 12.5 Å². The smallest absolute Gasteiger partial charge is 0.302 e. The molecule has 2 aromatic heterocycles. The van der Waals surface area contributed by atoms with E-state index in [1.54, 1.807) is 12.1 Å². The summed E-state index contributed by atoms with van der Waals surface area (Å²) in [5.41, 5.74) is 1.54. The Kier molecular flexibility index (Phi) is 2.76. The molecule has 0 saturated carbocycles. The molecule has 0 aliphatic carbocycles. The van der Waals surface area contributed by atoms with Gasteiger partial charge in [-0.15, -0.1) is 0 Å². The molecule has 6 nitrogen and oxygen atoms in total. The highest BCUT2D eigenvalue weighted by atomic mass is 16.5. The molecule has 3 heterocycles. The van der Waals surface area contributed by atoms with Crippen molar-refractivity contribution in [1.82, 2.24) is 0 Å². The van der Waals surface area contributed by atoms with Crippen molar-refractivity contribution >= 4 is 33.1 Å². The molecule has 130 valence electrons. The minimum Gasteiger partial charge on any atom is -0.508 e. The lowest BCUT2D eigenvalue weighted by Gasteiger charge is -2.08. The molecular weight excluding hydrogens is 336 g/mol. The van der Waals surface area contributed by atoms with Gasteiger partial charge in [0.2, 0.25) is 5.43 Å². The Labute approximate surface area is 146 Å². The van der Waals surface area contributed by atoms with Crippen LogP contribution in [0.4, 0.5) is 0 Å². The van der Waals surface area contributed by atoms with Gasteiger partial charge in [-0.05, 0) is 24.6 Å². The van der Waals surface area contributed by atoms with Crippen molar-refractivity contribution in [2.75, 3.05) is 0 Å². The summed E-state index contributed by atoms with van der Waals surface area (Å²) in [5.74, 6) is 0.399. The quantitative estimate of drug-likeness (QED) is 0.504. The molecule has 0 radical (unpaired) electrons. The number of hydrogen-bond acceptors (Lipinski definition) is 6. The molecule has 5 rings (SSSR count). The van der Waals surface area contributed by atoms with E-state index in [1.165, 1.54) is 12.1 Å². The van der Waals surface area contributed by atoms with Gasteiger partial charge in [-0.25, -0.2) is 0 Å². The number of hydrogen-bond donors (Lipinski definition) is 2. The van der Waals surface area contributed by atoms with Crippen molar-refractivity contribution in [2.24, 2.45) is 0 Å². The van der Waals surface area contributed by atoms with E-state index in [1.807, 2.05) is 6.92 Å². The van der Waals surface area contributed by atoms with E-state index in [2.05, 4.69) is 6.58 Å². The summed E-state index contributed by atoms with van der Waals surface area (Å²) in [6.45, 7) is 5.74. The molecule has 1 aliphatic heterocycles. The SMILES string of the molecule is C=C(C)[C@H]1Cc2c(cc3oc4oc5cc(O)ccc5c4c(=O)c3c2O)O1. The van der Waals surface area contributed by atoms with Crippen LogP contribution in [0.2, 0.25) is 0 Å². The maximum absolute atomic E-state index is 13.1. The summed E-state index contributed by atoms with van der Waals surface area (Å²) in [7, 11) is 0. The van der Waals surface area contributed by atoms with Crippen LogP contribution in [0.25, 0.3) is 33.1 Å². The molecule has 0 unspecified atom stereocenters. The maximum Gasteiger partial charge on any atom is 0.302 e. The summed E-state index contributed by atoms with van der Waals surface area (Å²) >= 11 is 0. The molecule has 4 aromatic rings. The molecule has 6 heteroatoms. The van der Waals surface area contributed by atoms with Gasteiger partial charge in [0.05, 0.1) is 0 Å². The molecule has 0 spiro atoms. The predicted molar refractivity (Wildman–Crippen MR) is 96.0 cm³/mol. The first kappa shape index (κ1) is 14.9. The predicted octanol–water partition coefficient (Wildman–Crippen LogP) is 3.98. The van der Waals surface area contributed by atoms with E-state index in [9.17, 15) is 15.0 Å². The fourth-order valence-electron chi connectivity index (χ4n) is 3.49. The molecule has 1 atom stereocenters. The van der Waals surface area contributed by atoms with Gasteiger partial charge in [0.15, 0.2) is 0 Å². The van der Waals surface area contributed by atoms with Crippen molar-refractivity contribution < 1.29 is 23.8 Å². The van der Waals surface area contributed by atoms with E-state index in [4.69, 9.17) is 13.6 Å². The molecule has 2 aromatic carbocycles. The highest BCUT2D eigenvalue weighted by Gasteiger charge is 2.30. The van der Waals surface area contributed by atoms with Gasteiger partial charge in [0.25, 0.3) is 0 Å². The third-order valence-electron chi connectivity index (χ3n) is 4.84. The van der Waals surface area contributed by atoms with E-state index in [0.717, 1.165) is 5.57 Å². The lowest BCUT2D eigenvalue weighted by Crippen LogP contribution is -2.13. The minimum atomic E-state index is -0.384. The van der Waals surface area contributed by atoms with E-state index in [0.29, 0.717) is 28.7 Å². The zero-order chi connectivity index (χ0) is 18.2. The number of fused-ring (bicyclic) bond motifs is 5. The largest absolute Gasteiger partial charge is 0.508 e. The van der Waals surface area contributed by atoms with E-state index < -0.39 is 0 Å². The average Bonchev–Trinajstić information content (AvgIpc) is 3.15. The van der Waals surface area contributed by atoms with Gasteiger partial charge in [0, 0.05) is 29.5 Å². The van der Waals surface area contributed by atoms with Crippen LogP contribution in [0.5, 0.6) is 17.2 Å². The molecule has 0 fully saturated rings. The van der Waals surface area contributed by atoms with Crippen LogP contribution in [0.3, 0.4) is 0 Å². The first-order chi connectivity index (χ1) is 12.4. The van der Waals surface area contributed by atoms with Crippen molar-refractivity contribution in [3.8, 4) is 17.2 Å². The van der Waals surface area contributed by atoms with Gasteiger partial charge in [-0.2, -0.15) is 0 Å². The number of rotatable bonds is 1. The highest BCUT2D eigenvalue weighted by molar-refractivity contribution is 6.07. The van der Waals surface area contributed by atoms with Crippen molar-refractivity contribution in [2.45, 2.75) is 19.4 Å². The third kappa shape index (κ3) is 1.84. The Morgan fingerprint density at radius 3 is 2.69 bits per heavy atom. The van der Waals surface area contributed by atoms with E-state index >= 15 is 0 Å². The van der Waals surface area contributed by atoms with Crippen molar-refractivity contribution in [3.05, 3.63) is 52.2 Å². The van der Waals surface area contributed by atoms with Gasteiger partial charge in [-0.1, -0.05) is 6.58 Å². The lowest BCUT2D eigenvalue weighted by molar-refractivity contribution is 0.271. The summed E-state index contributed by atoms with van der Waals surface area (Å²) in [6.07, 6.45) is 0.207. The normalized spacial score (nSPS) is 16.3. The number of ether oxygens (including phenoxy) is 1. The molecular formula is C20H14O6. The highest BCUT2D eigenvalue weighted by Crippen LogP contribution is 2.42. The maximum atomic E-state index is 13.1. The van der Waals surface area contributed by atoms with Gasteiger partial charge in [-0.3, -0.25) is 4.79 Å². The first-order valence-corrected chi connectivity index (χ1v) is 8.13. The topological polar surface area (TPSA) is 93.0 Å². The standard InChI is InChI=1S/C20H14O6/c1-8(2)12-6-11-14(24-12)7-15-17(18(11)22)19(23)16-10-4-3-9(21)5-13(10)25-20(16)26-15/h3-5,7,12,21-22H,1,6H2,2H3/t12-/m1/s1. The van der Waals surface area contributed by atoms with E-state index in [-0.39, 0.29) is 45.2 Å². The van der Waals surface area contributed by atoms with Crippen LogP contribution >= 0.6 is 0 Å². The van der Waals surface area contributed by atoms with Crippen molar-refractivity contribution in [1.29, 1.82) is 0 Å². The number of aromatic hydroxyl groups is 2. The van der Waals surface area contributed by atoms with Gasteiger partial charge in [0.1, 0.15) is 45.3 Å². The summed E-state index contributed by atoms with van der Waals surface area (Å²) in [5, 5.41) is 21.2. The molecule has 0 amide bonds. The number of benzene rings is 2. The van der Waals surface area contributed by atoms with Crippen LogP contribution in [-0.2, 0) is 6.42 Å². The molecule has 2 N–H and O–H groups in total. The average molecular weight is 350 g/mol. The number of furan rings is 1. The van der Waals surface area contributed by atoms with Crippen molar-refractivity contribution in [3.63, 3.8) is 0 Å². The lowest BCUT2D eigenvalue weighted by atomic mass is 10.0. The second-order valence-electron chi connectivity index (χ2n) is 6.61. The molecule has 1 aliphatic rings. The number of phenolic OH excluding ortho intramolecular Hbond substituents is 2. The van der Waals surface area contributed by atoms with Gasteiger partial charge < -0.3 is 23.8 Å². The Hall–Kier alpha value is -3.41. The fraction of sp³-hybridized carbons (Fsp3) is 0.150. The summed E-state index contributed by atoms with van der Waals surface area (Å²) in [4.78, 5) is 13.1. The minimum absolute atomic E-state index is 0.0228. The van der Waals surface area contributed by atoms with Gasteiger partial charge >= 0.3 is 5.78 Å². The monoisotopic (exact) mass is 350 g/mol. The Bertz CT molecular complexity index is 1310. The summed E-state index contributed by atoms with van der Waals surface area (Å²) in [6, 6.07) is 6.06. The Morgan fingerprint density at radius 2 is 1.92 bits per heavy atom. The second kappa shape index (κ2) is 4.82.